The highest BCUT2D eigenvalue weighted by atomic mass is 79.9. The zero-order valence-electron chi connectivity index (χ0n) is 7.54. The molecule has 1 rings (SSSR count). The molecule has 4 heteroatoms. The smallest absolute Gasteiger partial charge is 0.203 e. The number of nitrogens with zero attached hydrogens (tertiary/aromatic N) is 1. The van der Waals surface area contributed by atoms with Crippen molar-refractivity contribution in [1.29, 1.82) is 0 Å². The van der Waals surface area contributed by atoms with Crippen LogP contribution in [0.2, 0.25) is 0 Å². The molecule has 0 aromatic carbocycles. The molecule has 0 atom stereocenters. The van der Waals surface area contributed by atoms with Crippen LogP contribution in [-0.4, -0.2) is 29.8 Å². The molecule has 0 saturated heterocycles. The van der Waals surface area contributed by atoms with Crippen LogP contribution in [0.25, 0.3) is 0 Å². The molecule has 0 aliphatic heterocycles. The third-order valence-electron chi connectivity index (χ3n) is 1.44. The molecular formula is C9H11BrN2O. The van der Waals surface area contributed by atoms with Gasteiger partial charge in [0, 0.05) is 37.0 Å². The molecule has 0 bridgehead atoms. The van der Waals surface area contributed by atoms with E-state index in [0.717, 1.165) is 4.47 Å². The van der Waals surface area contributed by atoms with E-state index in [2.05, 4.69) is 20.9 Å². The van der Waals surface area contributed by atoms with Gasteiger partial charge in [-0.2, -0.15) is 0 Å². The van der Waals surface area contributed by atoms with Crippen LogP contribution in [0.3, 0.4) is 0 Å². The Morgan fingerprint density at radius 3 is 2.77 bits per heavy atom. The highest BCUT2D eigenvalue weighted by Crippen LogP contribution is 2.11. The Hall–Kier alpha value is -1.03. The van der Waals surface area contributed by atoms with Crippen molar-refractivity contribution in [1.82, 2.24) is 9.88 Å². The molecule has 1 heterocycles. The van der Waals surface area contributed by atoms with Gasteiger partial charge in [0.1, 0.15) is 0 Å². The number of carbonyl (C=O) groups is 1. The highest BCUT2D eigenvalue weighted by Gasteiger charge is 2.03. The first-order valence-electron chi connectivity index (χ1n) is 3.82. The molecule has 13 heavy (non-hydrogen) atoms. The van der Waals surface area contributed by atoms with Gasteiger partial charge in [-0.1, -0.05) is 0 Å². The Bertz CT molecular complexity index is 328. The molecule has 0 aliphatic rings. The average Bonchev–Trinajstić information content (AvgIpc) is 2.47. The fourth-order valence-corrected chi connectivity index (χ4v) is 1.16. The van der Waals surface area contributed by atoms with Crippen molar-refractivity contribution < 1.29 is 4.79 Å². The van der Waals surface area contributed by atoms with Gasteiger partial charge in [-0.05, 0) is 22.0 Å². The van der Waals surface area contributed by atoms with Gasteiger partial charge in [-0.25, -0.2) is 0 Å². The third-order valence-corrected chi connectivity index (χ3v) is 1.90. The molecule has 0 radical (unpaired) electrons. The largest absolute Gasteiger partial charge is 0.383 e. The molecule has 0 amide bonds. The number of allylic oxidation sites excluding steroid dienone is 1. The molecular weight excluding hydrogens is 232 g/mol. The minimum atomic E-state index is -0.0283. The summed E-state index contributed by atoms with van der Waals surface area (Å²) in [6, 6.07) is 1.75. The lowest BCUT2D eigenvalue weighted by atomic mass is 10.3. The summed E-state index contributed by atoms with van der Waals surface area (Å²) in [5.41, 5.74) is 0.588. The van der Waals surface area contributed by atoms with Crippen molar-refractivity contribution >= 4 is 21.7 Å². The predicted octanol–water partition coefficient (Wildman–Crippen LogP) is 2.04. The Morgan fingerprint density at radius 2 is 2.31 bits per heavy atom. The van der Waals surface area contributed by atoms with Crippen molar-refractivity contribution in [3.63, 3.8) is 0 Å². The quantitative estimate of drug-likeness (QED) is 0.651. The van der Waals surface area contributed by atoms with Crippen LogP contribution >= 0.6 is 15.9 Å². The SMILES string of the molecule is CN(C)/C=C/C(=O)c1cc(Br)c[nH]1. The van der Waals surface area contributed by atoms with Gasteiger partial charge in [-0.15, -0.1) is 0 Å². The average molecular weight is 243 g/mol. The normalized spacial score (nSPS) is 10.7. The molecule has 0 spiro atoms. The first kappa shape index (κ1) is 10.1. The molecule has 0 fully saturated rings. The van der Waals surface area contributed by atoms with Gasteiger partial charge >= 0.3 is 0 Å². The van der Waals surface area contributed by atoms with Gasteiger partial charge in [0.2, 0.25) is 5.78 Å². The summed E-state index contributed by atoms with van der Waals surface area (Å²) < 4.78 is 0.883. The van der Waals surface area contributed by atoms with E-state index < -0.39 is 0 Å². The Morgan fingerprint density at radius 1 is 1.62 bits per heavy atom. The predicted molar refractivity (Wildman–Crippen MR) is 55.7 cm³/mol. The Labute approximate surface area is 85.6 Å². The molecule has 1 aromatic heterocycles. The lowest BCUT2D eigenvalue weighted by molar-refractivity contribution is 0.104. The summed E-state index contributed by atoms with van der Waals surface area (Å²) in [5, 5.41) is 0. The lowest BCUT2D eigenvalue weighted by Crippen LogP contribution is -2.03. The summed E-state index contributed by atoms with van der Waals surface area (Å²) in [6.45, 7) is 0. The van der Waals surface area contributed by atoms with Crippen LogP contribution in [0.5, 0.6) is 0 Å². The van der Waals surface area contributed by atoms with Crippen molar-refractivity contribution in [2.24, 2.45) is 0 Å². The van der Waals surface area contributed by atoms with Gasteiger partial charge < -0.3 is 9.88 Å². The van der Waals surface area contributed by atoms with E-state index in [1.165, 1.54) is 6.08 Å². The molecule has 0 unspecified atom stereocenters. The van der Waals surface area contributed by atoms with Crippen molar-refractivity contribution in [2.75, 3.05) is 14.1 Å². The van der Waals surface area contributed by atoms with Crippen LogP contribution in [-0.2, 0) is 0 Å². The lowest BCUT2D eigenvalue weighted by Gasteiger charge is -2.01. The molecule has 0 aliphatic carbocycles. The zero-order chi connectivity index (χ0) is 9.84. The van der Waals surface area contributed by atoms with E-state index >= 15 is 0 Å². The number of ketones is 1. The second-order valence-electron chi connectivity index (χ2n) is 2.88. The summed E-state index contributed by atoms with van der Waals surface area (Å²) in [5.74, 6) is -0.0283. The van der Waals surface area contributed by atoms with Crippen LogP contribution in [0, 0.1) is 0 Å². The molecule has 70 valence electrons. The van der Waals surface area contributed by atoms with E-state index in [4.69, 9.17) is 0 Å². The number of aromatic nitrogens is 1. The Kier molecular flexibility index (Phi) is 3.31. The van der Waals surface area contributed by atoms with Crippen LogP contribution in [0.1, 0.15) is 10.5 Å². The second-order valence-corrected chi connectivity index (χ2v) is 3.79. The third kappa shape index (κ3) is 3.06. The van der Waals surface area contributed by atoms with E-state index in [1.807, 2.05) is 19.0 Å². The molecule has 1 N–H and O–H groups in total. The van der Waals surface area contributed by atoms with E-state index in [9.17, 15) is 4.79 Å². The standard InChI is InChI=1S/C9H11BrN2O/c1-12(2)4-3-9(13)8-5-7(10)6-11-8/h3-6,11H,1-2H3/b4-3+. The minimum absolute atomic E-state index is 0.0283. The number of H-pyrrole nitrogens is 1. The summed E-state index contributed by atoms with van der Waals surface area (Å²) in [6.07, 6.45) is 4.98. The van der Waals surface area contributed by atoms with Crippen molar-refractivity contribution in [3.8, 4) is 0 Å². The fourth-order valence-electron chi connectivity index (χ4n) is 0.817. The maximum atomic E-state index is 11.4. The van der Waals surface area contributed by atoms with Crippen LogP contribution in [0.4, 0.5) is 0 Å². The maximum Gasteiger partial charge on any atom is 0.203 e. The minimum Gasteiger partial charge on any atom is -0.383 e. The van der Waals surface area contributed by atoms with Gasteiger partial charge in [-0.3, -0.25) is 4.79 Å². The zero-order valence-corrected chi connectivity index (χ0v) is 9.13. The molecule has 3 nitrogen and oxygen atoms in total. The highest BCUT2D eigenvalue weighted by molar-refractivity contribution is 9.10. The number of halogens is 1. The first-order valence-corrected chi connectivity index (χ1v) is 4.62. The number of hydrogen-bond acceptors (Lipinski definition) is 2. The number of rotatable bonds is 3. The fraction of sp³-hybridized carbons (Fsp3) is 0.222. The van der Waals surface area contributed by atoms with Crippen LogP contribution in [0.15, 0.2) is 29.0 Å². The Balaban J connectivity index is 2.69. The summed E-state index contributed by atoms with van der Waals surface area (Å²) >= 11 is 3.26. The van der Waals surface area contributed by atoms with Gasteiger partial charge in [0.15, 0.2) is 0 Å². The van der Waals surface area contributed by atoms with E-state index in [0.29, 0.717) is 5.69 Å². The maximum absolute atomic E-state index is 11.4. The van der Waals surface area contributed by atoms with E-state index in [-0.39, 0.29) is 5.78 Å². The number of aromatic amines is 1. The first-order chi connectivity index (χ1) is 6.09. The summed E-state index contributed by atoms with van der Waals surface area (Å²) in [7, 11) is 3.74. The van der Waals surface area contributed by atoms with Gasteiger partial charge in [0.05, 0.1) is 5.69 Å². The number of nitrogens with one attached hydrogen (secondary N) is 1. The van der Waals surface area contributed by atoms with E-state index in [1.54, 1.807) is 18.5 Å². The summed E-state index contributed by atoms with van der Waals surface area (Å²) in [4.78, 5) is 16.1. The van der Waals surface area contributed by atoms with Crippen LogP contribution < -0.4 is 0 Å². The number of hydrogen-bond donors (Lipinski definition) is 1. The monoisotopic (exact) mass is 242 g/mol. The van der Waals surface area contributed by atoms with Crippen molar-refractivity contribution in [3.05, 3.63) is 34.7 Å². The second kappa shape index (κ2) is 4.28. The molecule has 1 aromatic rings. The number of carbonyl (C=O) groups excluding carboxylic acids is 1. The van der Waals surface area contributed by atoms with Gasteiger partial charge in [0.25, 0.3) is 0 Å². The topological polar surface area (TPSA) is 36.1 Å². The molecule has 0 saturated carbocycles. The van der Waals surface area contributed by atoms with Crippen molar-refractivity contribution in [2.45, 2.75) is 0 Å².